The van der Waals surface area contributed by atoms with E-state index < -0.39 is 11.7 Å². The monoisotopic (exact) mass is 372 g/mol. The van der Waals surface area contributed by atoms with Crippen molar-refractivity contribution >= 4 is 24.6 Å². The Balaban J connectivity index is 0.00000312. The molecule has 9 heteroatoms. The summed E-state index contributed by atoms with van der Waals surface area (Å²) < 4.78 is 43.0. The molecule has 4 N–H and O–H groups in total. The van der Waals surface area contributed by atoms with Crippen LogP contribution in [0.15, 0.2) is 53.6 Å². The van der Waals surface area contributed by atoms with Gasteiger partial charge in [-0.3, -0.25) is 5.41 Å². The third kappa shape index (κ3) is 6.72. The molecule has 0 fully saturated rings. The van der Waals surface area contributed by atoms with Gasteiger partial charge in [-0.15, -0.1) is 12.4 Å². The second kappa shape index (κ2) is 8.93. The SMILES string of the molecule is Cl.N=C(N)N/N=C/c1cccc(OCc2ccc(C(F)(F)F)cc2)c1. The predicted molar refractivity (Wildman–Crippen MR) is 92.1 cm³/mol. The number of hydrogen-bond donors (Lipinski definition) is 3. The molecule has 134 valence electrons. The smallest absolute Gasteiger partial charge is 0.416 e. The molecule has 0 radical (unpaired) electrons. The summed E-state index contributed by atoms with van der Waals surface area (Å²) >= 11 is 0. The average Bonchev–Trinajstić information content (AvgIpc) is 2.52. The van der Waals surface area contributed by atoms with Crippen LogP contribution in [-0.4, -0.2) is 12.2 Å². The predicted octanol–water partition coefficient (Wildman–Crippen LogP) is 3.52. The van der Waals surface area contributed by atoms with E-state index in [9.17, 15) is 13.2 Å². The number of guanidine groups is 1. The number of nitrogens with two attached hydrogens (primary N) is 1. The van der Waals surface area contributed by atoms with Gasteiger partial charge >= 0.3 is 6.18 Å². The molecule has 0 heterocycles. The summed E-state index contributed by atoms with van der Waals surface area (Å²) in [4.78, 5) is 0. The number of nitrogens with zero attached hydrogens (tertiary/aromatic N) is 1. The number of alkyl halides is 3. The molecule has 0 aromatic heterocycles. The summed E-state index contributed by atoms with van der Waals surface area (Å²) in [6.45, 7) is 0.143. The van der Waals surface area contributed by atoms with E-state index in [1.807, 2.05) is 0 Å². The summed E-state index contributed by atoms with van der Waals surface area (Å²) in [6, 6.07) is 11.8. The quantitative estimate of drug-likeness (QED) is 0.426. The number of nitrogens with one attached hydrogen (secondary N) is 2. The lowest BCUT2D eigenvalue weighted by Gasteiger charge is -2.09. The zero-order chi connectivity index (χ0) is 17.6. The topological polar surface area (TPSA) is 83.5 Å². The minimum atomic E-state index is -4.35. The molecule has 5 nitrogen and oxygen atoms in total. The highest BCUT2D eigenvalue weighted by molar-refractivity contribution is 5.85. The number of hydrogen-bond acceptors (Lipinski definition) is 3. The maximum absolute atomic E-state index is 12.5. The molecule has 0 saturated heterocycles. The van der Waals surface area contributed by atoms with Crippen molar-refractivity contribution in [1.82, 2.24) is 5.43 Å². The highest BCUT2D eigenvalue weighted by atomic mass is 35.5. The first-order chi connectivity index (χ1) is 11.3. The van der Waals surface area contributed by atoms with Crippen LogP contribution in [0.2, 0.25) is 0 Å². The molecule has 2 rings (SSSR count). The molecule has 0 amide bonds. The first kappa shape index (κ1) is 20.3. The summed E-state index contributed by atoms with van der Waals surface area (Å²) in [6.07, 6.45) is -2.88. The van der Waals surface area contributed by atoms with Crippen molar-refractivity contribution in [2.24, 2.45) is 10.8 Å². The van der Waals surface area contributed by atoms with Crippen LogP contribution < -0.4 is 15.9 Å². The second-order valence-corrected chi connectivity index (χ2v) is 4.84. The molecule has 0 atom stereocenters. The van der Waals surface area contributed by atoms with Gasteiger partial charge in [0.2, 0.25) is 5.96 Å². The van der Waals surface area contributed by atoms with Gasteiger partial charge in [-0.2, -0.15) is 18.3 Å². The van der Waals surface area contributed by atoms with E-state index in [0.29, 0.717) is 16.9 Å². The molecule has 0 aliphatic heterocycles. The molecule has 25 heavy (non-hydrogen) atoms. The Morgan fingerprint density at radius 1 is 1.20 bits per heavy atom. The van der Waals surface area contributed by atoms with Crippen LogP contribution in [0, 0.1) is 5.41 Å². The van der Waals surface area contributed by atoms with Crippen molar-refractivity contribution in [3.63, 3.8) is 0 Å². The van der Waals surface area contributed by atoms with Crippen LogP contribution >= 0.6 is 12.4 Å². The highest BCUT2D eigenvalue weighted by Crippen LogP contribution is 2.29. The Morgan fingerprint density at radius 2 is 1.88 bits per heavy atom. The van der Waals surface area contributed by atoms with Crippen LogP contribution in [0.25, 0.3) is 0 Å². The minimum absolute atomic E-state index is 0. The molecule has 0 aliphatic carbocycles. The summed E-state index contributed by atoms with van der Waals surface area (Å²) in [5.41, 5.74) is 8.04. The largest absolute Gasteiger partial charge is 0.489 e. The Hall–Kier alpha value is -2.74. The Bertz CT molecular complexity index is 733. The van der Waals surface area contributed by atoms with Crippen LogP contribution in [-0.2, 0) is 12.8 Å². The number of hydrazone groups is 1. The third-order valence-electron chi connectivity index (χ3n) is 2.94. The molecular formula is C16H16ClF3N4O. The molecule has 0 aliphatic rings. The van der Waals surface area contributed by atoms with Crippen molar-refractivity contribution in [1.29, 1.82) is 5.41 Å². The maximum Gasteiger partial charge on any atom is 0.416 e. The van der Waals surface area contributed by atoms with Crippen LogP contribution in [0.3, 0.4) is 0 Å². The zero-order valence-electron chi connectivity index (χ0n) is 12.9. The van der Waals surface area contributed by atoms with Gasteiger partial charge in [0.25, 0.3) is 0 Å². The van der Waals surface area contributed by atoms with Gasteiger partial charge in [0.05, 0.1) is 11.8 Å². The normalized spacial score (nSPS) is 11.0. The molecule has 0 spiro atoms. The van der Waals surface area contributed by atoms with Gasteiger partial charge in [0.15, 0.2) is 0 Å². The van der Waals surface area contributed by atoms with E-state index in [4.69, 9.17) is 15.9 Å². The lowest BCUT2D eigenvalue weighted by atomic mass is 10.1. The van der Waals surface area contributed by atoms with Crippen molar-refractivity contribution in [2.75, 3.05) is 0 Å². The molecule has 0 unspecified atom stereocenters. The Kier molecular flexibility index (Phi) is 7.25. The number of ether oxygens (including phenoxy) is 1. The van der Waals surface area contributed by atoms with Crippen molar-refractivity contribution in [3.8, 4) is 5.75 Å². The molecule has 0 saturated carbocycles. The Morgan fingerprint density at radius 3 is 2.48 bits per heavy atom. The Labute approximate surface area is 148 Å². The minimum Gasteiger partial charge on any atom is -0.489 e. The fourth-order valence-electron chi connectivity index (χ4n) is 1.82. The molecule has 2 aromatic carbocycles. The van der Waals surface area contributed by atoms with Crippen molar-refractivity contribution in [3.05, 3.63) is 65.2 Å². The fraction of sp³-hybridized carbons (Fsp3) is 0.125. The van der Waals surface area contributed by atoms with E-state index >= 15 is 0 Å². The lowest BCUT2D eigenvalue weighted by Crippen LogP contribution is -2.25. The van der Waals surface area contributed by atoms with Gasteiger partial charge in [-0.05, 0) is 35.4 Å². The molecule has 0 bridgehead atoms. The standard InChI is InChI=1S/C16H15F3N4O.ClH/c17-16(18,19)13-6-4-11(5-7-13)10-24-14-3-1-2-12(8-14)9-22-23-15(20)21;/h1-9H,10H2,(H4,20,21,23);1H/b22-9+;. The zero-order valence-corrected chi connectivity index (χ0v) is 13.7. The van der Waals surface area contributed by atoms with E-state index in [0.717, 1.165) is 12.1 Å². The number of halogens is 4. The van der Waals surface area contributed by atoms with Crippen molar-refractivity contribution in [2.45, 2.75) is 12.8 Å². The highest BCUT2D eigenvalue weighted by Gasteiger charge is 2.29. The van der Waals surface area contributed by atoms with E-state index in [1.165, 1.54) is 18.3 Å². The summed E-state index contributed by atoms with van der Waals surface area (Å²) in [7, 11) is 0. The van der Waals surface area contributed by atoms with E-state index in [2.05, 4.69) is 10.5 Å². The third-order valence-corrected chi connectivity index (χ3v) is 2.94. The molecular weight excluding hydrogens is 357 g/mol. The van der Waals surface area contributed by atoms with Crippen LogP contribution in [0.5, 0.6) is 5.75 Å². The number of benzene rings is 2. The molecule has 2 aromatic rings. The first-order valence-corrected chi connectivity index (χ1v) is 6.87. The first-order valence-electron chi connectivity index (χ1n) is 6.87. The van der Waals surface area contributed by atoms with E-state index in [1.54, 1.807) is 24.3 Å². The van der Waals surface area contributed by atoms with Crippen molar-refractivity contribution < 1.29 is 17.9 Å². The van der Waals surface area contributed by atoms with E-state index in [-0.39, 0.29) is 25.0 Å². The maximum atomic E-state index is 12.5. The lowest BCUT2D eigenvalue weighted by molar-refractivity contribution is -0.137. The average molecular weight is 373 g/mol. The van der Waals surface area contributed by atoms with Gasteiger partial charge in [-0.1, -0.05) is 24.3 Å². The van der Waals surface area contributed by atoms with Gasteiger partial charge in [0.1, 0.15) is 12.4 Å². The second-order valence-electron chi connectivity index (χ2n) is 4.84. The van der Waals surface area contributed by atoms with Crippen LogP contribution in [0.4, 0.5) is 13.2 Å². The van der Waals surface area contributed by atoms with Gasteiger partial charge < -0.3 is 10.5 Å². The summed E-state index contributed by atoms with van der Waals surface area (Å²) in [5.74, 6) is 0.266. The van der Waals surface area contributed by atoms with Gasteiger partial charge in [0, 0.05) is 0 Å². The van der Waals surface area contributed by atoms with Gasteiger partial charge in [-0.25, -0.2) is 5.43 Å². The summed E-state index contributed by atoms with van der Waals surface area (Å²) in [5, 5.41) is 10.7. The van der Waals surface area contributed by atoms with Crippen LogP contribution in [0.1, 0.15) is 16.7 Å². The fourth-order valence-corrected chi connectivity index (χ4v) is 1.82. The number of rotatable bonds is 5.